The summed E-state index contributed by atoms with van der Waals surface area (Å²) in [6, 6.07) is 16.7. The highest BCUT2D eigenvalue weighted by molar-refractivity contribution is 6.15. The predicted octanol–water partition coefficient (Wildman–Crippen LogP) is 2.65. The Balaban J connectivity index is 1.62. The van der Waals surface area contributed by atoms with Crippen LogP contribution in [0.4, 0.5) is 5.69 Å². The number of benzene rings is 2. The van der Waals surface area contributed by atoms with Gasteiger partial charge >= 0.3 is 0 Å². The molecule has 1 spiro atoms. The number of anilines is 1. The summed E-state index contributed by atoms with van der Waals surface area (Å²) in [5.74, 6) is -1.83. The molecule has 5 atom stereocenters. The molecule has 154 valence electrons. The number of fused-ring (bicyclic) bond motifs is 4. The number of likely N-dealkylation sites (tertiary alicyclic amines) is 1. The Morgan fingerprint density at radius 1 is 1.00 bits per heavy atom. The highest BCUT2D eigenvalue weighted by atomic mass is 16.2. The molecule has 2 saturated heterocycles. The van der Waals surface area contributed by atoms with Gasteiger partial charge in [-0.05, 0) is 17.5 Å². The molecule has 0 saturated carbocycles. The van der Waals surface area contributed by atoms with Crippen molar-refractivity contribution in [1.29, 1.82) is 0 Å². The molecule has 2 aromatic carbocycles. The van der Waals surface area contributed by atoms with Crippen LogP contribution >= 0.6 is 0 Å². The van der Waals surface area contributed by atoms with Crippen LogP contribution in [0.3, 0.4) is 0 Å². The summed E-state index contributed by atoms with van der Waals surface area (Å²) in [7, 11) is 0. The average Bonchev–Trinajstić information content (AvgIpc) is 3.35. The summed E-state index contributed by atoms with van der Waals surface area (Å²) >= 11 is 0. The zero-order chi connectivity index (χ0) is 21.0. The summed E-state index contributed by atoms with van der Waals surface area (Å²) in [6.45, 7) is 4.38. The van der Waals surface area contributed by atoms with Crippen molar-refractivity contribution in [2.45, 2.75) is 38.4 Å². The van der Waals surface area contributed by atoms with Crippen molar-refractivity contribution in [2.75, 3.05) is 5.32 Å². The highest BCUT2D eigenvalue weighted by Gasteiger charge is 2.70. The number of hydrogen-bond donors (Lipinski definition) is 2. The topological polar surface area (TPSA) is 78.5 Å². The first-order valence-corrected chi connectivity index (χ1v) is 10.6. The maximum absolute atomic E-state index is 13.7. The fourth-order valence-electron chi connectivity index (χ4n) is 5.41. The summed E-state index contributed by atoms with van der Waals surface area (Å²) in [5.41, 5.74) is 1.17. The lowest BCUT2D eigenvalue weighted by Crippen LogP contribution is -2.54. The van der Waals surface area contributed by atoms with E-state index in [1.807, 2.05) is 54.6 Å². The monoisotopic (exact) mass is 403 g/mol. The largest absolute Gasteiger partial charge is 0.324 e. The van der Waals surface area contributed by atoms with Crippen molar-refractivity contribution in [3.63, 3.8) is 0 Å². The van der Waals surface area contributed by atoms with E-state index in [4.69, 9.17) is 0 Å². The van der Waals surface area contributed by atoms with Crippen molar-refractivity contribution in [3.05, 3.63) is 65.7 Å². The van der Waals surface area contributed by atoms with Crippen molar-refractivity contribution in [2.24, 2.45) is 17.8 Å². The van der Waals surface area contributed by atoms with Crippen LogP contribution in [0.5, 0.6) is 0 Å². The molecule has 2 fully saturated rings. The number of para-hydroxylation sites is 1. The SMILES string of the molecule is CCC(C)C1NC2(C(=O)Nc3ccccc32)[C@@H]2C(=O)N(Cc3ccccc3)C(=O)[C@H]12. The van der Waals surface area contributed by atoms with Crippen LogP contribution in [-0.4, -0.2) is 28.7 Å². The molecule has 6 heteroatoms. The number of carbonyl (C=O) groups is 3. The molecule has 6 nitrogen and oxygen atoms in total. The predicted molar refractivity (Wildman–Crippen MR) is 112 cm³/mol. The van der Waals surface area contributed by atoms with Crippen LogP contribution in [0.1, 0.15) is 31.4 Å². The zero-order valence-electron chi connectivity index (χ0n) is 17.1. The average molecular weight is 403 g/mol. The summed E-state index contributed by atoms with van der Waals surface area (Å²) in [5, 5.41) is 6.43. The summed E-state index contributed by atoms with van der Waals surface area (Å²) in [6.07, 6.45) is 0.848. The van der Waals surface area contributed by atoms with Gasteiger partial charge in [0, 0.05) is 17.3 Å². The molecule has 3 amide bonds. The second-order valence-electron chi connectivity index (χ2n) is 8.62. The molecule has 2 aromatic rings. The normalized spacial score (nSPS) is 30.5. The second-order valence-corrected chi connectivity index (χ2v) is 8.62. The third kappa shape index (κ3) is 2.43. The molecule has 30 heavy (non-hydrogen) atoms. The number of rotatable bonds is 4. The molecule has 0 bridgehead atoms. The van der Waals surface area contributed by atoms with Crippen LogP contribution in [-0.2, 0) is 26.5 Å². The molecule has 3 aliphatic rings. The van der Waals surface area contributed by atoms with Crippen LogP contribution in [0, 0.1) is 17.8 Å². The van der Waals surface area contributed by atoms with Gasteiger partial charge in [0.1, 0.15) is 5.54 Å². The molecule has 0 aromatic heterocycles. The van der Waals surface area contributed by atoms with Gasteiger partial charge in [0.15, 0.2) is 0 Å². The molecule has 0 radical (unpaired) electrons. The fourth-order valence-corrected chi connectivity index (χ4v) is 5.41. The van der Waals surface area contributed by atoms with Gasteiger partial charge in [-0.2, -0.15) is 0 Å². The van der Waals surface area contributed by atoms with Gasteiger partial charge in [0.05, 0.1) is 18.4 Å². The van der Waals surface area contributed by atoms with Crippen molar-refractivity contribution in [3.8, 4) is 0 Å². The lowest BCUT2D eigenvalue weighted by molar-refractivity contribution is -0.143. The first kappa shape index (κ1) is 19.0. The van der Waals surface area contributed by atoms with Crippen molar-refractivity contribution < 1.29 is 14.4 Å². The van der Waals surface area contributed by atoms with Gasteiger partial charge < -0.3 is 5.32 Å². The van der Waals surface area contributed by atoms with E-state index in [2.05, 4.69) is 24.5 Å². The second kappa shape index (κ2) is 6.77. The van der Waals surface area contributed by atoms with Gasteiger partial charge in [-0.15, -0.1) is 0 Å². The minimum absolute atomic E-state index is 0.144. The van der Waals surface area contributed by atoms with Gasteiger partial charge in [0.2, 0.25) is 17.7 Å². The first-order valence-electron chi connectivity index (χ1n) is 10.6. The van der Waals surface area contributed by atoms with Gasteiger partial charge in [-0.3, -0.25) is 24.6 Å². The van der Waals surface area contributed by atoms with Crippen molar-refractivity contribution in [1.82, 2.24) is 10.2 Å². The van der Waals surface area contributed by atoms with E-state index < -0.39 is 17.4 Å². The van der Waals surface area contributed by atoms with Gasteiger partial charge in [0.25, 0.3) is 0 Å². The maximum atomic E-state index is 13.7. The zero-order valence-corrected chi connectivity index (χ0v) is 17.1. The summed E-state index contributed by atoms with van der Waals surface area (Å²) < 4.78 is 0. The number of imide groups is 1. The summed E-state index contributed by atoms with van der Waals surface area (Å²) in [4.78, 5) is 41.9. The van der Waals surface area contributed by atoms with E-state index in [9.17, 15) is 14.4 Å². The number of nitrogens with zero attached hydrogens (tertiary/aromatic N) is 1. The molecule has 2 N–H and O–H groups in total. The number of nitrogens with one attached hydrogen (secondary N) is 2. The Morgan fingerprint density at radius 3 is 2.43 bits per heavy atom. The van der Waals surface area contributed by atoms with E-state index in [1.165, 1.54) is 4.90 Å². The number of carbonyl (C=O) groups excluding carboxylic acids is 3. The Bertz CT molecular complexity index is 1040. The molecule has 3 unspecified atom stereocenters. The standard InChI is InChI=1S/C24H25N3O3/c1-3-14(2)20-18-19(22(29)27(21(18)28)13-15-9-5-4-6-10-15)24(26-20)16-11-7-8-12-17(16)25-23(24)30/h4-12,14,18-20,26H,3,13H2,1-2H3,(H,25,30)/t14?,18-,19-,20?,24?/m0/s1. The molecule has 0 aliphatic carbocycles. The van der Waals surface area contributed by atoms with Crippen LogP contribution in [0.15, 0.2) is 54.6 Å². The first-order chi connectivity index (χ1) is 14.5. The third-order valence-corrected chi connectivity index (χ3v) is 7.09. The minimum atomic E-state index is -1.20. The van der Waals surface area contributed by atoms with Crippen molar-refractivity contribution >= 4 is 23.4 Å². The minimum Gasteiger partial charge on any atom is -0.324 e. The van der Waals surface area contributed by atoms with E-state index in [0.717, 1.165) is 17.5 Å². The van der Waals surface area contributed by atoms with Crippen LogP contribution < -0.4 is 10.6 Å². The van der Waals surface area contributed by atoms with Gasteiger partial charge in [-0.1, -0.05) is 68.8 Å². The van der Waals surface area contributed by atoms with E-state index in [-0.39, 0.29) is 36.2 Å². The Labute approximate surface area is 175 Å². The molecule has 3 heterocycles. The van der Waals surface area contributed by atoms with Gasteiger partial charge in [-0.25, -0.2) is 0 Å². The van der Waals surface area contributed by atoms with E-state index in [1.54, 1.807) is 0 Å². The Hall–Kier alpha value is -2.99. The lowest BCUT2D eigenvalue weighted by Gasteiger charge is -2.30. The number of amides is 3. The van der Waals surface area contributed by atoms with Crippen LogP contribution in [0.2, 0.25) is 0 Å². The fraction of sp³-hybridized carbons (Fsp3) is 0.375. The molecule has 5 rings (SSSR count). The van der Waals surface area contributed by atoms with Crippen LogP contribution in [0.25, 0.3) is 0 Å². The van der Waals surface area contributed by atoms with E-state index in [0.29, 0.717) is 5.69 Å². The smallest absolute Gasteiger partial charge is 0.250 e. The molecular weight excluding hydrogens is 378 g/mol. The number of hydrogen-bond acceptors (Lipinski definition) is 4. The quantitative estimate of drug-likeness (QED) is 0.770. The maximum Gasteiger partial charge on any atom is 0.250 e. The molecular formula is C24H25N3O3. The third-order valence-electron chi connectivity index (χ3n) is 7.09. The lowest BCUT2D eigenvalue weighted by atomic mass is 9.75. The molecule has 3 aliphatic heterocycles. The Morgan fingerprint density at radius 2 is 1.70 bits per heavy atom. The highest BCUT2D eigenvalue weighted by Crippen LogP contribution is 2.54. The Kier molecular flexibility index (Phi) is 4.29. The van der Waals surface area contributed by atoms with E-state index >= 15 is 0 Å².